The third kappa shape index (κ3) is 3.85. The van der Waals surface area contributed by atoms with Gasteiger partial charge in [0.25, 0.3) is 0 Å². The molecule has 6 heteroatoms. The van der Waals surface area contributed by atoms with E-state index in [1.165, 1.54) is 4.90 Å². The van der Waals surface area contributed by atoms with Crippen molar-refractivity contribution in [2.24, 2.45) is 5.92 Å². The van der Waals surface area contributed by atoms with E-state index in [4.69, 9.17) is 9.47 Å². The molecule has 0 N–H and O–H groups in total. The number of hydrogen-bond donors (Lipinski definition) is 0. The van der Waals surface area contributed by atoms with Crippen LogP contribution in [0.2, 0.25) is 0 Å². The fourth-order valence-electron chi connectivity index (χ4n) is 1.71. The van der Waals surface area contributed by atoms with Crippen LogP contribution < -0.4 is 0 Å². The van der Waals surface area contributed by atoms with Crippen LogP contribution in [-0.2, 0) is 14.3 Å². The summed E-state index contributed by atoms with van der Waals surface area (Å²) in [6.07, 6.45) is -1.99. The molecule has 1 heterocycles. The van der Waals surface area contributed by atoms with E-state index in [9.17, 15) is 14.0 Å². The Balaban J connectivity index is 2.58. The molecule has 2 atom stereocenters. The van der Waals surface area contributed by atoms with Crippen LogP contribution in [-0.4, -0.2) is 48.4 Å². The zero-order chi connectivity index (χ0) is 13.9. The van der Waals surface area contributed by atoms with Crippen LogP contribution in [0.4, 0.5) is 9.18 Å². The lowest BCUT2D eigenvalue weighted by Crippen LogP contribution is -2.36. The summed E-state index contributed by atoms with van der Waals surface area (Å²) in [4.78, 5) is 24.4. The minimum Gasteiger partial charge on any atom is -0.466 e. The summed E-state index contributed by atoms with van der Waals surface area (Å²) in [6.45, 7) is 6.94. The summed E-state index contributed by atoms with van der Waals surface area (Å²) in [5.74, 6) is -1.51. The number of likely N-dealkylation sites (tertiary alicyclic amines) is 1. The van der Waals surface area contributed by atoms with Crippen molar-refractivity contribution in [1.29, 1.82) is 0 Å². The summed E-state index contributed by atoms with van der Waals surface area (Å²) in [5.41, 5.74) is -0.634. The minimum atomic E-state index is -1.39. The standard InChI is InChI=1S/C12H20FNO4/c1-5-17-10(15)8-6-14(7-9(8)13)11(16)18-12(2,3)4/h8-9H,5-7H2,1-4H3/t8-,9+/m0/s1. The fraction of sp³-hybridized carbons (Fsp3) is 0.833. The van der Waals surface area contributed by atoms with Crippen molar-refractivity contribution < 1.29 is 23.5 Å². The van der Waals surface area contributed by atoms with Crippen molar-refractivity contribution >= 4 is 12.1 Å². The molecule has 1 rings (SSSR count). The van der Waals surface area contributed by atoms with Gasteiger partial charge in [-0.15, -0.1) is 0 Å². The highest BCUT2D eigenvalue weighted by Gasteiger charge is 2.42. The summed E-state index contributed by atoms with van der Waals surface area (Å²) >= 11 is 0. The van der Waals surface area contributed by atoms with Crippen molar-refractivity contribution in [3.05, 3.63) is 0 Å². The highest BCUT2D eigenvalue weighted by Crippen LogP contribution is 2.23. The molecule has 1 amide bonds. The molecule has 0 radical (unpaired) electrons. The molecule has 1 saturated heterocycles. The number of esters is 1. The highest BCUT2D eigenvalue weighted by molar-refractivity contribution is 5.76. The summed E-state index contributed by atoms with van der Waals surface area (Å²) in [7, 11) is 0. The van der Waals surface area contributed by atoms with Gasteiger partial charge in [0.1, 0.15) is 17.7 Å². The van der Waals surface area contributed by atoms with E-state index >= 15 is 0 Å². The van der Waals surface area contributed by atoms with E-state index in [0.717, 1.165) is 0 Å². The average molecular weight is 261 g/mol. The second kappa shape index (κ2) is 5.54. The monoisotopic (exact) mass is 261 g/mol. The lowest BCUT2D eigenvalue weighted by atomic mass is 10.1. The van der Waals surface area contributed by atoms with E-state index in [2.05, 4.69) is 0 Å². The third-order valence-corrected chi connectivity index (χ3v) is 2.49. The SMILES string of the molecule is CCOC(=O)[C@H]1CN(C(=O)OC(C)(C)C)C[C@H]1F. The number of ether oxygens (including phenoxy) is 2. The van der Waals surface area contributed by atoms with Gasteiger partial charge in [-0.1, -0.05) is 0 Å². The van der Waals surface area contributed by atoms with Gasteiger partial charge in [-0.25, -0.2) is 9.18 Å². The van der Waals surface area contributed by atoms with Crippen LogP contribution in [0, 0.1) is 5.92 Å². The average Bonchev–Trinajstić information content (AvgIpc) is 2.58. The minimum absolute atomic E-state index is 0.00884. The molecular formula is C12H20FNO4. The van der Waals surface area contributed by atoms with Crippen molar-refractivity contribution in [1.82, 2.24) is 4.90 Å². The molecular weight excluding hydrogens is 241 g/mol. The molecule has 1 aliphatic rings. The van der Waals surface area contributed by atoms with Crippen LogP contribution >= 0.6 is 0 Å². The van der Waals surface area contributed by atoms with Gasteiger partial charge in [0.15, 0.2) is 0 Å². The molecule has 0 saturated carbocycles. The van der Waals surface area contributed by atoms with Crippen molar-refractivity contribution in [2.75, 3.05) is 19.7 Å². The topological polar surface area (TPSA) is 55.8 Å². The van der Waals surface area contributed by atoms with Gasteiger partial charge < -0.3 is 14.4 Å². The van der Waals surface area contributed by atoms with Crippen LogP contribution in [0.25, 0.3) is 0 Å². The second-order valence-corrected chi connectivity index (χ2v) is 5.26. The van der Waals surface area contributed by atoms with Gasteiger partial charge in [-0.3, -0.25) is 4.79 Å². The fourth-order valence-corrected chi connectivity index (χ4v) is 1.71. The van der Waals surface area contributed by atoms with Crippen LogP contribution in [0.1, 0.15) is 27.7 Å². The van der Waals surface area contributed by atoms with E-state index in [1.54, 1.807) is 27.7 Å². The van der Waals surface area contributed by atoms with E-state index in [-0.39, 0.29) is 19.7 Å². The smallest absolute Gasteiger partial charge is 0.410 e. The Bertz CT molecular complexity index is 327. The molecule has 0 aromatic carbocycles. The number of halogens is 1. The Hall–Kier alpha value is -1.33. The van der Waals surface area contributed by atoms with Gasteiger partial charge >= 0.3 is 12.1 Å². The van der Waals surface area contributed by atoms with Gasteiger partial charge in [0, 0.05) is 6.54 Å². The molecule has 0 bridgehead atoms. The molecule has 0 aromatic rings. The molecule has 0 aliphatic carbocycles. The van der Waals surface area contributed by atoms with E-state index in [1.807, 2.05) is 0 Å². The lowest BCUT2D eigenvalue weighted by molar-refractivity contribution is -0.149. The second-order valence-electron chi connectivity index (χ2n) is 5.26. The first-order valence-electron chi connectivity index (χ1n) is 6.03. The van der Waals surface area contributed by atoms with Crippen molar-refractivity contribution in [2.45, 2.75) is 39.5 Å². The predicted octanol–water partition coefficient (Wildman–Crippen LogP) is 1.75. The van der Waals surface area contributed by atoms with Crippen LogP contribution in [0.5, 0.6) is 0 Å². The van der Waals surface area contributed by atoms with Crippen LogP contribution in [0.15, 0.2) is 0 Å². The predicted molar refractivity (Wildman–Crippen MR) is 62.8 cm³/mol. The molecule has 5 nitrogen and oxygen atoms in total. The van der Waals surface area contributed by atoms with Gasteiger partial charge in [0.2, 0.25) is 0 Å². The molecule has 0 spiro atoms. The van der Waals surface area contributed by atoms with Gasteiger partial charge in [-0.2, -0.15) is 0 Å². The number of nitrogens with zero attached hydrogens (tertiary/aromatic N) is 1. The van der Waals surface area contributed by atoms with E-state index in [0.29, 0.717) is 0 Å². The Morgan fingerprint density at radius 1 is 1.33 bits per heavy atom. The summed E-state index contributed by atoms with van der Waals surface area (Å²) in [5, 5.41) is 0. The van der Waals surface area contributed by atoms with Crippen molar-refractivity contribution in [3.8, 4) is 0 Å². The maximum absolute atomic E-state index is 13.7. The maximum Gasteiger partial charge on any atom is 0.410 e. The molecule has 0 aromatic heterocycles. The number of amides is 1. The number of carbonyl (C=O) groups is 2. The first-order chi connectivity index (χ1) is 8.24. The largest absolute Gasteiger partial charge is 0.466 e. The van der Waals surface area contributed by atoms with Crippen LogP contribution in [0.3, 0.4) is 0 Å². The zero-order valence-corrected chi connectivity index (χ0v) is 11.2. The van der Waals surface area contributed by atoms with E-state index < -0.39 is 29.8 Å². The Labute approximate surface area is 106 Å². The number of carbonyl (C=O) groups excluding carboxylic acids is 2. The maximum atomic E-state index is 13.7. The Morgan fingerprint density at radius 3 is 2.44 bits per heavy atom. The quantitative estimate of drug-likeness (QED) is 0.711. The number of rotatable bonds is 2. The molecule has 104 valence electrons. The number of hydrogen-bond acceptors (Lipinski definition) is 4. The first-order valence-corrected chi connectivity index (χ1v) is 6.03. The first kappa shape index (κ1) is 14.7. The lowest BCUT2D eigenvalue weighted by Gasteiger charge is -2.24. The molecule has 1 aliphatic heterocycles. The normalized spacial score (nSPS) is 23.9. The molecule has 18 heavy (non-hydrogen) atoms. The Kier molecular flexibility index (Phi) is 4.53. The van der Waals surface area contributed by atoms with Gasteiger partial charge in [0.05, 0.1) is 13.2 Å². The Morgan fingerprint density at radius 2 is 1.94 bits per heavy atom. The number of alkyl halides is 1. The summed E-state index contributed by atoms with van der Waals surface area (Å²) < 4.78 is 23.5. The van der Waals surface area contributed by atoms with Crippen molar-refractivity contribution in [3.63, 3.8) is 0 Å². The molecule has 1 fully saturated rings. The highest BCUT2D eigenvalue weighted by atomic mass is 19.1. The summed E-state index contributed by atoms with van der Waals surface area (Å²) in [6, 6.07) is 0. The van der Waals surface area contributed by atoms with Gasteiger partial charge in [-0.05, 0) is 27.7 Å². The zero-order valence-electron chi connectivity index (χ0n) is 11.2. The third-order valence-electron chi connectivity index (χ3n) is 2.49. The molecule has 0 unspecified atom stereocenters.